The Kier molecular flexibility index (Phi) is 10.2. The van der Waals surface area contributed by atoms with Crippen molar-refractivity contribution in [3.05, 3.63) is 54.2 Å². The Morgan fingerprint density at radius 1 is 1.00 bits per heavy atom. The van der Waals surface area contributed by atoms with Crippen molar-refractivity contribution in [2.45, 2.75) is 57.3 Å². The van der Waals surface area contributed by atoms with E-state index in [-0.39, 0.29) is 18.8 Å². The van der Waals surface area contributed by atoms with Gasteiger partial charge in [-0.3, -0.25) is 14.4 Å². The number of carbonyl (C=O) groups is 4. The summed E-state index contributed by atoms with van der Waals surface area (Å²) < 4.78 is 0. The van der Waals surface area contributed by atoms with Gasteiger partial charge in [0.05, 0.1) is 19.0 Å². The first kappa shape index (κ1) is 29.3. The summed E-state index contributed by atoms with van der Waals surface area (Å²) in [5.41, 5.74) is 8.28. The number of fused-ring (bicyclic) bond motifs is 1. The minimum Gasteiger partial charge on any atom is -0.480 e. The van der Waals surface area contributed by atoms with E-state index in [0.29, 0.717) is 12.1 Å². The monoisotopic (exact) mass is 541 g/mol. The molecule has 0 saturated heterocycles. The number of imidazole rings is 1. The quantitative estimate of drug-likeness (QED) is 0.134. The number of para-hydroxylation sites is 1. The van der Waals surface area contributed by atoms with Crippen molar-refractivity contribution in [1.82, 2.24) is 30.9 Å². The highest BCUT2D eigenvalue weighted by Gasteiger charge is 2.32. The smallest absolute Gasteiger partial charge is 0.326 e. The molecule has 0 aliphatic rings. The summed E-state index contributed by atoms with van der Waals surface area (Å²) in [7, 11) is 0. The number of aliphatic hydroxyl groups is 1. The molecule has 1 aromatic carbocycles. The van der Waals surface area contributed by atoms with Gasteiger partial charge in [-0.05, 0) is 17.5 Å². The fraction of sp³-hybridized carbons (Fsp3) is 0.423. The maximum absolute atomic E-state index is 13.4. The number of carbonyl (C=O) groups excluding carboxylic acids is 3. The maximum Gasteiger partial charge on any atom is 0.326 e. The molecule has 0 radical (unpaired) electrons. The van der Waals surface area contributed by atoms with Gasteiger partial charge in [0.2, 0.25) is 17.7 Å². The average Bonchev–Trinajstić information content (AvgIpc) is 3.59. The molecule has 2 aromatic heterocycles. The molecule has 5 atom stereocenters. The molecular weight excluding hydrogens is 506 g/mol. The highest BCUT2D eigenvalue weighted by atomic mass is 16.4. The van der Waals surface area contributed by atoms with Gasteiger partial charge >= 0.3 is 5.97 Å². The van der Waals surface area contributed by atoms with E-state index in [1.165, 1.54) is 12.5 Å². The lowest BCUT2D eigenvalue weighted by Crippen LogP contribution is -2.59. The van der Waals surface area contributed by atoms with Crippen LogP contribution in [0.4, 0.5) is 0 Å². The summed E-state index contributed by atoms with van der Waals surface area (Å²) in [6.45, 7) is 2.68. The third-order valence-corrected chi connectivity index (χ3v) is 6.66. The highest BCUT2D eigenvalue weighted by Crippen LogP contribution is 2.19. The van der Waals surface area contributed by atoms with Gasteiger partial charge in [0.1, 0.15) is 18.1 Å². The summed E-state index contributed by atoms with van der Waals surface area (Å²) in [5, 5.41) is 27.7. The van der Waals surface area contributed by atoms with Crippen molar-refractivity contribution in [3.8, 4) is 0 Å². The molecule has 3 aromatic rings. The zero-order chi connectivity index (χ0) is 28.5. The molecule has 0 fully saturated rings. The van der Waals surface area contributed by atoms with Gasteiger partial charge in [-0.1, -0.05) is 38.5 Å². The highest BCUT2D eigenvalue weighted by molar-refractivity contribution is 5.95. The molecule has 3 rings (SSSR count). The topological polar surface area (TPSA) is 215 Å². The Labute approximate surface area is 225 Å². The van der Waals surface area contributed by atoms with E-state index in [9.17, 15) is 29.4 Å². The number of amides is 3. The van der Waals surface area contributed by atoms with Crippen molar-refractivity contribution in [3.63, 3.8) is 0 Å². The van der Waals surface area contributed by atoms with Crippen LogP contribution < -0.4 is 21.7 Å². The van der Waals surface area contributed by atoms with E-state index < -0.39 is 54.5 Å². The van der Waals surface area contributed by atoms with Gasteiger partial charge in [0.25, 0.3) is 0 Å². The van der Waals surface area contributed by atoms with E-state index in [1.807, 2.05) is 24.3 Å². The SMILES string of the molecule is CCC(C)C(NC(=O)C(CO)NC(=O)C(Cc1c[nH]c2ccccc12)NC(=O)C(N)Cc1cnc[nH]1)C(=O)O. The lowest BCUT2D eigenvalue weighted by molar-refractivity contribution is -0.144. The summed E-state index contributed by atoms with van der Waals surface area (Å²) in [4.78, 5) is 60.6. The standard InChI is InChI=1S/C26H35N7O6/c1-3-14(2)22(26(38)39)33-25(37)21(12-34)32-24(36)20(8-15-10-29-19-7-5-4-6-17(15)19)31-23(35)18(27)9-16-11-28-13-30-16/h4-7,10-11,13-14,18,20-22,29,34H,3,8-9,12,27H2,1-2H3,(H,28,30)(H,31,35)(H,32,36)(H,33,37)(H,38,39). The Morgan fingerprint density at radius 2 is 1.69 bits per heavy atom. The molecule has 13 nitrogen and oxygen atoms in total. The second kappa shape index (κ2) is 13.5. The zero-order valence-electron chi connectivity index (χ0n) is 21.8. The molecule has 3 amide bonds. The number of aliphatic carboxylic acids is 1. The van der Waals surface area contributed by atoms with Crippen LogP contribution in [0.2, 0.25) is 0 Å². The number of nitrogens with zero attached hydrogens (tertiary/aromatic N) is 1. The van der Waals surface area contributed by atoms with Crippen LogP contribution in [0.3, 0.4) is 0 Å². The van der Waals surface area contributed by atoms with Crippen molar-refractivity contribution >= 4 is 34.6 Å². The van der Waals surface area contributed by atoms with Gasteiger partial charge < -0.3 is 41.9 Å². The number of hydrogen-bond donors (Lipinski definition) is 8. The van der Waals surface area contributed by atoms with Crippen LogP contribution in [0.15, 0.2) is 43.0 Å². The molecule has 0 saturated carbocycles. The Bertz CT molecular complexity index is 1270. The third-order valence-electron chi connectivity index (χ3n) is 6.66. The Morgan fingerprint density at radius 3 is 2.33 bits per heavy atom. The van der Waals surface area contributed by atoms with E-state index in [1.54, 1.807) is 20.0 Å². The zero-order valence-corrected chi connectivity index (χ0v) is 21.8. The molecule has 0 aliphatic carbocycles. The number of rotatable bonds is 14. The second-order valence-corrected chi connectivity index (χ2v) is 9.47. The number of nitrogens with two attached hydrogens (primary N) is 1. The van der Waals surface area contributed by atoms with Crippen LogP contribution in [0.25, 0.3) is 10.9 Å². The van der Waals surface area contributed by atoms with E-state index in [0.717, 1.165) is 16.5 Å². The number of aromatic amines is 2. The lowest BCUT2D eigenvalue weighted by Gasteiger charge is -2.25. The number of hydrogen-bond acceptors (Lipinski definition) is 7. The van der Waals surface area contributed by atoms with Crippen molar-refractivity contribution < 1.29 is 29.4 Å². The van der Waals surface area contributed by atoms with Gasteiger partial charge in [-0.15, -0.1) is 0 Å². The number of carboxylic acids is 1. The molecule has 0 aliphatic heterocycles. The number of nitrogens with one attached hydrogen (secondary N) is 5. The molecule has 2 heterocycles. The van der Waals surface area contributed by atoms with E-state index in [2.05, 4.69) is 30.9 Å². The molecule has 0 bridgehead atoms. The van der Waals surface area contributed by atoms with Crippen molar-refractivity contribution in [2.75, 3.05) is 6.61 Å². The number of aromatic nitrogens is 3. The van der Waals surface area contributed by atoms with Crippen LogP contribution in [-0.2, 0) is 32.0 Å². The minimum atomic E-state index is -1.44. The minimum absolute atomic E-state index is 0.0583. The van der Waals surface area contributed by atoms with E-state index in [4.69, 9.17) is 5.73 Å². The van der Waals surface area contributed by atoms with Crippen molar-refractivity contribution in [1.29, 1.82) is 0 Å². The molecule has 39 heavy (non-hydrogen) atoms. The Balaban J connectivity index is 1.78. The maximum atomic E-state index is 13.4. The Hall–Kier alpha value is -4.23. The summed E-state index contributed by atoms with van der Waals surface area (Å²) in [6.07, 6.45) is 5.43. The van der Waals surface area contributed by atoms with Crippen molar-refractivity contribution in [2.24, 2.45) is 11.7 Å². The molecule has 9 N–H and O–H groups in total. The molecule has 210 valence electrons. The predicted molar refractivity (Wildman–Crippen MR) is 142 cm³/mol. The van der Waals surface area contributed by atoms with Gasteiger partial charge in [0.15, 0.2) is 0 Å². The number of aliphatic hydroxyl groups excluding tert-OH is 1. The first-order valence-electron chi connectivity index (χ1n) is 12.7. The largest absolute Gasteiger partial charge is 0.480 e. The number of carboxylic acid groups (broad SMARTS) is 1. The molecule has 5 unspecified atom stereocenters. The molecule has 13 heteroatoms. The number of H-pyrrole nitrogens is 2. The lowest BCUT2D eigenvalue weighted by atomic mass is 9.99. The first-order chi connectivity index (χ1) is 18.6. The third kappa shape index (κ3) is 7.65. The average molecular weight is 542 g/mol. The van der Waals surface area contributed by atoms with Gasteiger partial charge in [0, 0.05) is 41.8 Å². The normalized spacial score (nSPS) is 15.1. The van der Waals surface area contributed by atoms with Crippen LogP contribution in [0, 0.1) is 5.92 Å². The second-order valence-electron chi connectivity index (χ2n) is 9.47. The molecule has 0 spiro atoms. The van der Waals surface area contributed by atoms with Crippen LogP contribution >= 0.6 is 0 Å². The fourth-order valence-corrected chi connectivity index (χ4v) is 4.14. The number of benzene rings is 1. The predicted octanol–water partition coefficient (Wildman–Crippen LogP) is -0.419. The fourth-order valence-electron chi connectivity index (χ4n) is 4.14. The van der Waals surface area contributed by atoms with Gasteiger partial charge in [-0.25, -0.2) is 9.78 Å². The first-order valence-corrected chi connectivity index (χ1v) is 12.7. The van der Waals surface area contributed by atoms with E-state index >= 15 is 0 Å². The van der Waals surface area contributed by atoms with Crippen LogP contribution in [0.5, 0.6) is 0 Å². The van der Waals surface area contributed by atoms with Gasteiger partial charge in [-0.2, -0.15) is 0 Å². The summed E-state index contributed by atoms with van der Waals surface area (Å²) in [5.74, 6) is -3.81. The van der Waals surface area contributed by atoms with Crippen LogP contribution in [-0.4, -0.2) is 79.6 Å². The summed E-state index contributed by atoms with van der Waals surface area (Å²) >= 11 is 0. The molecular formula is C26H35N7O6. The summed E-state index contributed by atoms with van der Waals surface area (Å²) in [6, 6.07) is 2.65. The van der Waals surface area contributed by atoms with Crippen LogP contribution in [0.1, 0.15) is 31.5 Å².